The van der Waals surface area contributed by atoms with Gasteiger partial charge in [-0.1, -0.05) is 18.6 Å². The molecule has 0 radical (unpaired) electrons. The van der Waals surface area contributed by atoms with Gasteiger partial charge in [0.05, 0.1) is 5.56 Å². The van der Waals surface area contributed by atoms with Crippen LogP contribution in [0.25, 0.3) is 11.1 Å². The van der Waals surface area contributed by atoms with Gasteiger partial charge in [0.2, 0.25) is 0 Å². The maximum atomic E-state index is 14.6. The highest BCUT2D eigenvalue weighted by atomic mass is 19.4. The predicted octanol–water partition coefficient (Wildman–Crippen LogP) is 5.72. The Morgan fingerprint density at radius 2 is 1.50 bits per heavy atom. The molecule has 1 amide bonds. The summed E-state index contributed by atoms with van der Waals surface area (Å²) >= 11 is 0. The zero-order chi connectivity index (χ0) is 25.7. The molecule has 196 valence electrons. The molecule has 0 aliphatic carbocycles. The van der Waals surface area contributed by atoms with Crippen molar-refractivity contribution in [3.63, 3.8) is 0 Å². The fraction of sp³-hybridized carbons (Fsp3) is 0.519. The van der Waals surface area contributed by atoms with Gasteiger partial charge in [-0.3, -0.25) is 4.79 Å². The molecule has 2 aliphatic rings. The van der Waals surface area contributed by atoms with Gasteiger partial charge in [0.15, 0.2) is 0 Å². The Balaban J connectivity index is 1.25. The summed E-state index contributed by atoms with van der Waals surface area (Å²) in [5.41, 5.74) is -1.26. The molecule has 1 N–H and O–H groups in total. The van der Waals surface area contributed by atoms with Gasteiger partial charge in [0, 0.05) is 12.6 Å². The topological polar surface area (TPSA) is 35.6 Å². The molecule has 0 saturated carbocycles. The summed E-state index contributed by atoms with van der Waals surface area (Å²) in [6.45, 7) is 5.55. The second-order valence-electron chi connectivity index (χ2n) is 9.67. The number of carbonyl (C=O) groups excluding carboxylic acids is 1. The van der Waals surface area contributed by atoms with Crippen LogP contribution in [0.1, 0.15) is 54.4 Å². The second kappa shape index (κ2) is 11.7. The van der Waals surface area contributed by atoms with Gasteiger partial charge in [-0.25, -0.2) is 8.78 Å². The van der Waals surface area contributed by atoms with E-state index in [4.69, 9.17) is 0 Å². The van der Waals surface area contributed by atoms with Crippen molar-refractivity contribution in [2.75, 3.05) is 39.3 Å². The van der Waals surface area contributed by atoms with Crippen molar-refractivity contribution >= 4 is 5.91 Å². The third-order valence-corrected chi connectivity index (χ3v) is 7.22. The molecule has 2 aromatic carbocycles. The smallest absolute Gasteiger partial charge is 0.352 e. The van der Waals surface area contributed by atoms with Gasteiger partial charge in [-0.15, -0.1) is 0 Å². The molecular formula is C27H32F5N3O. The number of hydrogen-bond donors (Lipinski definition) is 1. The highest BCUT2D eigenvalue weighted by molar-refractivity contribution is 5.95. The molecule has 2 heterocycles. The number of nitrogens with one attached hydrogen (secondary N) is 1. The molecule has 36 heavy (non-hydrogen) atoms. The third kappa shape index (κ3) is 6.62. The molecule has 0 unspecified atom stereocenters. The SMILES string of the molecule is O=C(NCCCN1CCC(N2CCCCC2)CC1)c1c(F)cc(-c2ccc(C(F)(F)F)cc2)cc1F. The predicted molar refractivity (Wildman–Crippen MR) is 129 cm³/mol. The summed E-state index contributed by atoms with van der Waals surface area (Å²) in [6.07, 6.45) is 2.38. The molecule has 4 nitrogen and oxygen atoms in total. The quantitative estimate of drug-likeness (QED) is 0.383. The number of amides is 1. The minimum Gasteiger partial charge on any atom is -0.352 e. The minimum absolute atomic E-state index is 0.0585. The van der Waals surface area contributed by atoms with E-state index in [1.165, 1.54) is 32.4 Å². The van der Waals surface area contributed by atoms with Crippen LogP contribution in [0, 0.1) is 11.6 Å². The zero-order valence-electron chi connectivity index (χ0n) is 20.2. The minimum atomic E-state index is -4.50. The number of rotatable bonds is 7. The van der Waals surface area contributed by atoms with Crippen LogP contribution in [0.15, 0.2) is 36.4 Å². The lowest BCUT2D eigenvalue weighted by molar-refractivity contribution is -0.137. The van der Waals surface area contributed by atoms with E-state index < -0.39 is 34.8 Å². The number of hydrogen-bond acceptors (Lipinski definition) is 3. The van der Waals surface area contributed by atoms with E-state index >= 15 is 0 Å². The van der Waals surface area contributed by atoms with E-state index in [9.17, 15) is 26.7 Å². The van der Waals surface area contributed by atoms with Crippen LogP contribution >= 0.6 is 0 Å². The molecule has 0 atom stereocenters. The van der Waals surface area contributed by atoms with E-state index in [1.807, 2.05) is 0 Å². The Kier molecular flexibility index (Phi) is 8.62. The Morgan fingerprint density at radius 3 is 2.08 bits per heavy atom. The summed E-state index contributed by atoms with van der Waals surface area (Å²) < 4.78 is 67.5. The Morgan fingerprint density at radius 1 is 0.889 bits per heavy atom. The van der Waals surface area contributed by atoms with Gasteiger partial charge >= 0.3 is 6.18 Å². The molecule has 4 rings (SSSR count). The van der Waals surface area contributed by atoms with Crippen LogP contribution in [0.4, 0.5) is 22.0 Å². The van der Waals surface area contributed by atoms with Crippen LogP contribution in [0.5, 0.6) is 0 Å². The lowest BCUT2D eigenvalue weighted by Gasteiger charge is -2.40. The number of benzene rings is 2. The lowest BCUT2D eigenvalue weighted by Crippen LogP contribution is -2.47. The maximum Gasteiger partial charge on any atom is 0.416 e. The van der Waals surface area contributed by atoms with E-state index in [-0.39, 0.29) is 11.1 Å². The average Bonchev–Trinajstić information content (AvgIpc) is 2.86. The number of piperidine rings is 2. The van der Waals surface area contributed by atoms with Crippen LogP contribution in [0.3, 0.4) is 0 Å². The Bertz CT molecular complexity index is 1000. The number of alkyl halides is 3. The summed E-state index contributed by atoms with van der Waals surface area (Å²) in [7, 11) is 0. The number of halogens is 5. The summed E-state index contributed by atoms with van der Waals surface area (Å²) in [5, 5.41) is 2.59. The van der Waals surface area contributed by atoms with Gasteiger partial charge in [-0.2, -0.15) is 13.2 Å². The first-order chi connectivity index (χ1) is 17.2. The molecular weight excluding hydrogens is 477 g/mol. The summed E-state index contributed by atoms with van der Waals surface area (Å²) in [5.74, 6) is -2.95. The lowest BCUT2D eigenvalue weighted by atomic mass is 10.00. The number of likely N-dealkylation sites (tertiary alicyclic amines) is 2. The van der Waals surface area contributed by atoms with E-state index in [2.05, 4.69) is 15.1 Å². The standard InChI is InChI=1S/C27H32F5N3O/c28-23-17-20(19-5-7-21(8-6-19)27(30,31)32)18-24(29)25(23)26(36)33-11-4-12-34-15-9-22(10-16-34)35-13-2-1-3-14-35/h5-8,17-18,22H,1-4,9-16H2,(H,33,36). The van der Waals surface area contributed by atoms with Crippen molar-refractivity contribution in [2.45, 2.75) is 50.7 Å². The van der Waals surface area contributed by atoms with Crippen LogP contribution < -0.4 is 5.32 Å². The van der Waals surface area contributed by atoms with Crippen molar-refractivity contribution in [3.05, 3.63) is 59.2 Å². The van der Waals surface area contributed by atoms with Gasteiger partial charge in [-0.05, 0) is 100 Å². The van der Waals surface area contributed by atoms with Crippen LogP contribution in [-0.4, -0.2) is 61.0 Å². The van der Waals surface area contributed by atoms with Gasteiger partial charge in [0.1, 0.15) is 17.2 Å². The van der Waals surface area contributed by atoms with E-state index in [0.717, 1.165) is 68.9 Å². The first-order valence-corrected chi connectivity index (χ1v) is 12.6. The molecule has 0 bridgehead atoms. The fourth-order valence-electron chi connectivity index (χ4n) is 5.19. The second-order valence-corrected chi connectivity index (χ2v) is 9.67. The summed E-state index contributed by atoms with van der Waals surface area (Å²) in [6, 6.07) is 6.58. The average molecular weight is 510 g/mol. The largest absolute Gasteiger partial charge is 0.416 e. The summed E-state index contributed by atoms with van der Waals surface area (Å²) in [4.78, 5) is 17.4. The highest BCUT2D eigenvalue weighted by Gasteiger charge is 2.30. The van der Waals surface area contributed by atoms with Crippen molar-refractivity contribution in [2.24, 2.45) is 0 Å². The van der Waals surface area contributed by atoms with Crippen molar-refractivity contribution in [1.82, 2.24) is 15.1 Å². The number of nitrogens with zero attached hydrogens (tertiary/aromatic N) is 2. The molecule has 2 fully saturated rings. The van der Waals surface area contributed by atoms with Crippen LogP contribution in [-0.2, 0) is 6.18 Å². The molecule has 0 aromatic heterocycles. The van der Waals surface area contributed by atoms with Crippen molar-refractivity contribution in [3.8, 4) is 11.1 Å². The first kappa shape index (κ1) is 26.5. The monoisotopic (exact) mass is 509 g/mol. The maximum absolute atomic E-state index is 14.6. The first-order valence-electron chi connectivity index (χ1n) is 12.6. The van der Waals surface area contributed by atoms with Crippen molar-refractivity contribution in [1.29, 1.82) is 0 Å². The van der Waals surface area contributed by atoms with Crippen LogP contribution in [0.2, 0.25) is 0 Å². The fourth-order valence-corrected chi connectivity index (χ4v) is 5.19. The van der Waals surface area contributed by atoms with E-state index in [0.29, 0.717) is 19.0 Å². The van der Waals surface area contributed by atoms with Crippen molar-refractivity contribution < 1.29 is 26.7 Å². The normalized spacial score (nSPS) is 18.4. The molecule has 0 spiro atoms. The number of carbonyl (C=O) groups is 1. The molecule has 2 saturated heterocycles. The Hall–Kier alpha value is -2.52. The molecule has 2 aromatic rings. The zero-order valence-corrected chi connectivity index (χ0v) is 20.2. The Labute approximate surface area is 208 Å². The molecule has 2 aliphatic heterocycles. The van der Waals surface area contributed by atoms with Gasteiger partial charge < -0.3 is 15.1 Å². The highest BCUT2D eigenvalue weighted by Crippen LogP contribution is 2.32. The van der Waals surface area contributed by atoms with Gasteiger partial charge in [0.25, 0.3) is 5.91 Å². The molecule has 9 heteroatoms. The third-order valence-electron chi connectivity index (χ3n) is 7.22. The van der Waals surface area contributed by atoms with E-state index in [1.54, 1.807) is 0 Å².